The number of aromatic nitrogens is 3. The molecule has 0 aliphatic heterocycles. The van der Waals surface area contributed by atoms with Crippen LogP contribution in [0, 0.1) is 6.57 Å². The average molecular weight is 360 g/mol. The van der Waals surface area contributed by atoms with Crippen LogP contribution in [0.3, 0.4) is 0 Å². The van der Waals surface area contributed by atoms with Gasteiger partial charge in [0.1, 0.15) is 24.4 Å². The van der Waals surface area contributed by atoms with Crippen LogP contribution >= 0.6 is 0 Å². The van der Waals surface area contributed by atoms with Gasteiger partial charge in [-0.15, -0.1) is 0 Å². The van der Waals surface area contributed by atoms with Gasteiger partial charge < -0.3 is 14.0 Å². The minimum absolute atomic E-state index is 0.227. The van der Waals surface area contributed by atoms with Crippen molar-refractivity contribution in [2.24, 2.45) is 0 Å². The predicted molar refractivity (Wildman–Crippen MR) is 97.6 cm³/mol. The fourth-order valence-electron chi connectivity index (χ4n) is 2.33. The molecule has 0 radical (unpaired) electrons. The van der Waals surface area contributed by atoms with Crippen LogP contribution in [0.4, 0.5) is 0 Å². The molecule has 0 aliphatic rings. The van der Waals surface area contributed by atoms with Gasteiger partial charge >= 0.3 is 12.0 Å². The SMILES string of the molecule is [C-]#[N+]C(C(=O)OCC)c1ncnc2c1ccn2COCC[Si](C)(C)C. The maximum atomic E-state index is 12.0. The van der Waals surface area contributed by atoms with Crippen LogP contribution in [0.1, 0.15) is 18.7 Å². The molecule has 2 aromatic rings. The second kappa shape index (κ2) is 8.23. The lowest BCUT2D eigenvalue weighted by molar-refractivity contribution is -0.143. The predicted octanol–water partition coefficient (Wildman–Crippen LogP) is 3.27. The average Bonchev–Trinajstić information content (AvgIpc) is 2.96. The first-order valence-electron chi connectivity index (χ1n) is 8.28. The van der Waals surface area contributed by atoms with Crippen molar-refractivity contribution in [2.75, 3.05) is 13.2 Å². The smallest absolute Gasteiger partial charge is 0.397 e. The molecule has 0 saturated carbocycles. The van der Waals surface area contributed by atoms with E-state index in [0.29, 0.717) is 30.1 Å². The normalized spacial score (nSPS) is 12.8. The zero-order valence-electron chi connectivity index (χ0n) is 15.2. The Labute approximate surface area is 148 Å². The third-order valence-corrected chi connectivity index (χ3v) is 5.42. The summed E-state index contributed by atoms with van der Waals surface area (Å²) in [5.74, 6) is -0.586. The van der Waals surface area contributed by atoms with Crippen molar-refractivity contribution in [2.45, 2.75) is 45.4 Å². The molecule has 2 heterocycles. The van der Waals surface area contributed by atoms with Crippen LogP contribution in [0.15, 0.2) is 18.6 Å². The highest BCUT2D eigenvalue weighted by atomic mass is 28.3. The van der Waals surface area contributed by atoms with Gasteiger partial charge in [-0.25, -0.2) is 21.3 Å². The number of esters is 1. The van der Waals surface area contributed by atoms with E-state index in [-0.39, 0.29) is 6.61 Å². The molecule has 2 rings (SSSR count). The van der Waals surface area contributed by atoms with Gasteiger partial charge in [-0.05, 0) is 19.0 Å². The third kappa shape index (κ3) is 4.87. The summed E-state index contributed by atoms with van der Waals surface area (Å²) >= 11 is 0. The van der Waals surface area contributed by atoms with Gasteiger partial charge in [0.05, 0.1) is 6.61 Å². The van der Waals surface area contributed by atoms with Crippen molar-refractivity contribution in [3.05, 3.63) is 35.7 Å². The van der Waals surface area contributed by atoms with E-state index < -0.39 is 20.1 Å². The molecule has 0 amide bonds. The Morgan fingerprint density at radius 2 is 2.16 bits per heavy atom. The van der Waals surface area contributed by atoms with E-state index in [2.05, 4.69) is 34.5 Å². The highest BCUT2D eigenvalue weighted by molar-refractivity contribution is 6.76. The molecule has 0 N–H and O–H groups in total. The maximum absolute atomic E-state index is 12.0. The number of hydrogen-bond acceptors (Lipinski definition) is 5. The highest BCUT2D eigenvalue weighted by Crippen LogP contribution is 2.25. The summed E-state index contributed by atoms with van der Waals surface area (Å²) in [4.78, 5) is 23.8. The lowest BCUT2D eigenvalue weighted by Gasteiger charge is -2.15. The molecule has 8 heteroatoms. The van der Waals surface area contributed by atoms with Crippen molar-refractivity contribution in [3.8, 4) is 0 Å². The Kier molecular flexibility index (Phi) is 6.28. The Morgan fingerprint density at radius 3 is 2.80 bits per heavy atom. The molecule has 7 nitrogen and oxygen atoms in total. The number of nitrogens with zero attached hydrogens (tertiary/aromatic N) is 4. The summed E-state index contributed by atoms with van der Waals surface area (Å²) in [6.07, 6.45) is 3.21. The van der Waals surface area contributed by atoms with Gasteiger partial charge in [0.2, 0.25) is 0 Å². The van der Waals surface area contributed by atoms with Gasteiger partial charge in [0.15, 0.2) is 0 Å². The summed E-state index contributed by atoms with van der Waals surface area (Å²) < 4.78 is 12.6. The number of hydrogen-bond donors (Lipinski definition) is 0. The number of carbonyl (C=O) groups is 1. The Hall–Kier alpha value is -2.24. The number of rotatable bonds is 8. The second-order valence-electron chi connectivity index (χ2n) is 6.91. The zero-order chi connectivity index (χ0) is 18.4. The van der Waals surface area contributed by atoms with Gasteiger partial charge in [-0.1, -0.05) is 19.6 Å². The van der Waals surface area contributed by atoms with E-state index in [0.717, 1.165) is 6.04 Å². The molecule has 0 aliphatic carbocycles. The van der Waals surface area contributed by atoms with E-state index in [4.69, 9.17) is 16.0 Å². The monoisotopic (exact) mass is 360 g/mol. The first-order chi connectivity index (χ1) is 11.9. The van der Waals surface area contributed by atoms with Crippen molar-refractivity contribution >= 4 is 25.1 Å². The Balaban J connectivity index is 2.19. The molecule has 0 spiro atoms. The molecular weight excluding hydrogens is 336 g/mol. The zero-order valence-corrected chi connectivity index (χ0v) is 16.2. The summed E-state index contributed by atoms with van der Waals surface area (Å²) in [6.45, 7) is 17.3. The van der Waals surface area contributed by atoms with Crippen molar-refractivity contribution < 1.29 is 14.3 Å². The standard InChI is InChI=1S/C17H24N4O3Si/c1-6-24-17(22)15(18-2)14-13-7-8-21(16(13)20-11-19-14)12-23-9-10-25(3,4)5/h7-8,11,15H,6,9-10,12H2,1,3-5H3. The molecule has 0 aromatic carbocycles. The minimum Gasteiger partial charge on any atom is -0.460 e. The van der Waals surface area contributed by atoms with Crippen LogP contribution in [0.5, 0.6) is 0 Å². The lowest BCUT2D eigenvalue weighted by atomic mass is 10.1. The quantitative estimate of drug-likeness (QED) is 0.313. The van der Waals surface area contributed by atoms with E-state index in [1.165, 1.54) is 6.33 Å². The second-order valence-corrected chi connectivity index (χ2v) is 12.5. The van der Waals surface area contributed by atoms with Gasteiger partial charge in [-0.3, -0.25) is 4.85 Å². The first kappa shape index (κ1) is 19.1. The number of ether oxygens (including phenoxy) is 2. The van der Waals surface area contributed by atoms with Crippen LogP contribution < -0.4 is 0 Å². The lowest BCUT2D eigenvalue weighted by Crippen LogP contribution is -2.22. The molecule has 1 atom stereocenters. The van der Waals surface area contributed by atoms with Crippen LogP contribution in [0.25, 0.3) is 15.9 Å². The highest BCUT2D eigenvalue weighted by Gasteiger charge is 2.31. The Morgan fingerprint density at radius 1 is 1.40 bits per heavy atom. The molecule has 0 saturated heterocycles. The van der Waals surface area contributed by atoms with E-state index in [9.17, 15) is 4.79 Å². The summed E-state index contributed by atoms with van der Waals surface area (Å²) in [7, 11) is -1.13. The molecule has 0 bridgehead atoms. The molecule has 134 valence electrons. The topological polar surface area (TPSA) is 70.6 Å². The number of carbonyl (C=O) groups excluding carboxylic acids is 1. The summed E-state index contributed by atoms with van der Waals surface area (Å²) in [5.41, 5.74) is 1.02. The van der Waals surface area contributed by atoms with Crippen LogP contribution in [0.2, 0.25) is 25.7 Å². The van der Waals surface area contributed by atoms with Crippen LogP contribution in [-0.2, 0) is 21.0 Å². The van der Waals surface area contributed by atoms with Gasteiger partial charge in [-0.2, -0.15) is 0 Å². The fourth-order valence-corrected chi connectivity index (χ4v) is 3.09. The molecule has 25 heavy (non-hydrogen) atoms. The number of fused-ring (bicyclic) bond motifs is 1. The van der Waals surface area contributed by atoms with Crippen LogP contribution in [-0.4, -0.2) is 41.8 Å². The first-order valence-corrected chi connectivity index (χ1v) is 12.0. The minimum atomic E-state index is -1.13. The summed E-state index contributed by atoms with van der Waals surface area (Å²) in [6, 6.07) is 1.83. The van der Waals surface area contributed by atoms with Crippen molar-refractivity contribution in [3.63, 3.8) is 0 Å². The molecule has 2 aromatic heterocycles. The fraction of sp³-hybridized carbons (Fsp3) is 0.529. The maximum Gasteiger partial charge on any atom is 0.397 e. The van der Waals surface area contributed by atoms with Gasteiger partial charge in [0, 0.05) is 26.3 Å². The third-order valence-electron chi connectivity index (χ3n) is 3.71. The van der Waals surface area contributed by atoms with E-state index >= 15 is 0 Å². The van der Waals surface area contributed by atoms with E-state index in [1.54, 1.807) is 6.92 Å². The van der Waals surface area contributed by atoms with Gasteiger partial charge in [0.25, 0.3) is 0 Å². The molecular formula is C17H24N4O3Si. The Bertz CT molecular complexity index is 776. The van der Waals surface area contributed by atoms with Crippen molar-refractivity contribution in [1.29, 1.82) is 0 Å². The van der Waals surface area contributed by atoms with E-state index in [1.807, 2.05) is 16.8 Å². The van der Waals surface area contributed by atoms with Crippen molar-refractivity contribution in [1.82, 2.24) is 14.5 Å². The largest absolute Gasteiger partial charge is 0.460 e. The molecule has 0 fully saturated rings. The molecule has 1 unspecified atom stereocenters. The summed E-state index contributed by atoms with van der Waals surface area (Å²) in [5, 5.41) is 0.672.